The Hall–Kier alpha value is -2.50. The number of pyridine rings is 1. The molecule has 1 unspecified atom stereocenters. The fourth-order valence-corrected chi connectivity index (χ4v) is 6.38. The minimum Gasteiger partial charge on any atom is -0.366 e. The van der Waals surface area contributed by atoms with Gasteiger partial charge in [-0.1, -0.05) is 18.6 Å². The Bertz CT molecular complexity index is 1010. The van der Waals surface area contributed by atoms with Crippen molar-refractivity contribution >= 4 is 15.8 Å². The molecule has 4 rings (SSSR count). The van der Waals surface area contributed by atoms with Gasteiger partial charge in [0.15, 0.2) is 0 Å². The molecule has 0 amide bonds. The highest BCUT2D eigenvalue weighted by Gasteiger charge is 2.45. The summed E-state index contributed by atoms with van der Waals surface area (Å²) in [6.07, 6.45) is 5.28. The van der Waals surface area contributed by atoms with Gasteiger partial charge >= 0.3 is 0 Å². The largest absolute Gasteiger partial charge is 0.366 e. The van der Waals surface area contributed by atoms with E-state index in [0.717, 1.165) is 19.3 Å². The van der Waals surface area contributed by atoms with Gasteiger partial charge in [0.2, 0.25) is 10.0 Å². The van der Waals surface area contributed by atoms with Crippen LogP contribution in [0.15, 0.2) is 47.5 Å². The van der Waals surface area contributed by atoms with Gasteiger partial charge in [-0.25, -0.2) is 17.8 Å². The van der Waals surface area contributed by atoms with Crippen molar-refractivity contribution in [3.05, 3.63) is 54.0 Å². The quantitative estimate of drug-likeness (QED) is 0.851. The summed E-state index contributed by atoms with van der Waals surface area (Å²) >= 11 is 0. The SMILES string of the molecule is N#Cc1cccnc1NC1C[C@H]2CCC[C@@H](C1)N2S(=O)(=O)c1ccccc1F. The molecular weight excluding hydrogens is 379 g/mol. The first-order valence-corrected chi connectivity index (χ1v) is 10.8. The van der Waals surface area contributed by atoms with Crippen molar-refractivity contribution in [1.82, 2.24) is 9.29 Å². The van der Waals surface area contributed by atoms with Crippen LogP contribution < -0.4 is 5.32 Å². The number of nitrogens with one attached hydrogen (secondary N) is 1. The summed E-state index contributed by atoms with van der Waals surface area (Å²) in [5.74, 6) is -0.188. The van der Waals surface area contributed by atoms with Crippen LogP contribution in [-0.2, 0) is 10.0 Å². The standard InChI is InChI=1S/C20H21FN4O2S/c21-18-8-1-2-9-19(18)28(26,27)25-16-6-3-7-17(25)12-15(11-16)24-20-14(13-22)5-4-10-23-20/h1-2,4-5,8-10,15-17H,3,6-7,11-12H2,(H,23,24)/t15?,16-,17+. The van der Waals surface area contributed by atoms with Gasteiger partial charge < -0.3 is 5.32 Å². The van der Waals surface area contributed by atoms with Gasteiger partial charge in [-0.2, -0.15) is 9.57 Å². The second-order valence-corrected chi connectivity index (χ2v) is 9.14. The van der Waals surface area contributed by atoms with Crippen LogP contribution in [0.4, 0.5) is 10.2 Å². The van der Waals surface area contributed by atoms with Crippen LogP contribution in [0.3, 0.4) is 0 Å². The molecule has 2 aliphatic rings. The van der Waals surface area contributed by atoms with Gasteiger partial charge in [-0.05, 0) is 49.9 Å². The molecule has 2 bridgehead atoms. The Morgan fingerprint density at radius 3 is 2.54 bits per heavy atom. The first-order valence-electron chi connectivity index (χ1n) is 9.40. The van der Waals surface area contributed by atoms with Crippen molar-refractivity contribution in [3.8, 4) is 6.07 Å². The zero-order valence-corrected chi connectivity index (χ0v) is 16.1. The Balaban J connectivity index is 1.59. The molecule has 0 aliphatic carbocycles. The first kappa shape index (κ1) is 18.8. The van der Waals surface area contributed by atoms with E-state index in [4.69, 9.17) is 0 Å². The zero-order valence-electron chi connectivity index (χ0n) is 15.3. The van der Waals surface area contributed by atoms with Crippen molar-refractivity contribution < 1.29 is 12.8 Å². The van der Waals surface area contributed by atoms with Crippen LogP contribution >= 0.6 is 0 Å². The van der Waals surface area contributed by atoms with Gasteiger partial charge in [0.25, 0.3) is 0 Å². The van der Waals surface area contributed by atoms with E-state index in [0.29, 0.717) is 24.2 Å². The molecule has 0 radical (unpaired) electrons. The highest BCUT2D eigenvalue weighted by Crippen LogP contribution is 2.39. The minimum atomic E-state index is -3.90. The lowest BCUT2D eigenvalue weighted by molar-refractivity contribution is 0.115. The molecule has 2 aromatic rings. The van der Waals surface area contributed by atoms with E-state index >= 15 is 0 Å². The number of piperidine rings is 2. The maximum absolute atomic E-state index is 14.2. The van der Waals surface area contributed by atoms with Crippen molar-refractivity contribution in [2.45, 2.75) is 55.1 Å². The Morgan fingerprint density at radius 1 is 1.14 bits per heavy atom. The molecule has 146 valence electrons. The Labute approximate surface area is 164 Å². The molecule has 2 saturated heterocycles. The molecule has 2 aliphatic heterocycles. The van der Waals surface area contributed by atoms with Crippen molar-refractivity contribution in [3.63, 3.8) is 0 Å². The molecule has 0 saturated carbocycles. The second kappa shape index (κ2) is 7.49. The number of halogens is 1. The van der Waals surface area contributed by atoms with Crippen molar-refractivity contribution in [2.24, 2.45) is 0 Å². The third-order valence-corrected chi connectivity index (χ3v) is 7.61. The number of anilines is 1. The van der Waals surface area contributed by atoms with Crippen LogP contribution in [0.2, 0.25) is 0 Å². The smallest absolute Gasteiger partial charge is 0.246 e. The van der Waals surface area contributed by atoms with Crippen LogP contribution in [0, 0.1) is 17.1 Å². The van der Waals surface area contributed by atoms with Crippen LogP contribution in [0.1, 0.15) is 37.7 Å². The number of hydrogen-bond acceptors (Lipinski definition) is 5. The maximum atomic E-state index is 14.2. The average molecular weight is 400 g/mol. The summed E-state index contributed by atoms with van der Waals surface area (Å²) in [5.41, 5.74) is 0.467. The van der Waals surface area contributed by atoms with E-state index in [1.165, 1.54) is 22.5 Å². The topological polar surface area (TPSA) is 86.1 Å². The van der Waals surface area contributed by atoms with E-state index < -0.39 is 15.8 Å². The fraction of sp³-hybridized carbons (Fsp3) is 0.400. The molecular formula is C20H21FN4O2S. The third-order valence-electron chi connectivity index (χ3n) is 5.57. The van der Waals surface area contributed by atoms with Crippen molar-refractivity contribution in [2.75, 3.05) is 5.32 Å². The van der Waals surface area contributed by atoms with Gasteiger partial charge in [0.05, 0.1) is 5.56 Å². The molecule has 3 atom stereocenters. The highest BCUT2D eigenvalue weighted by atomic mass is 32.2. The maximum Gasteiger partial charge on any atom is 0.246 e. The summed E-state index contributed by atoms with van der Waals surface area (Å²) in [6.45, 7) is 0. The molecule has 1 aromatic heterocycles. The van der Waals surface area contributed by atoms with Crippen molar-refractivity contribution in [1.29, 1.82) is 5.26 Å². The number of fused-ring (bicyclic) bond motifs is 2. The normalized spacial score (nSPS) is 25.1. The molecule has 8 heteroatoms. The summed E-state index contributed by atoms with van der Waals surface area (Å²) in [6, 6.07) is 10.7. The van der Waals surface area contributed by atoms with Gasteiger partial charge in [0, 0.05) is 24.3 Å². The van der Waals surface area contributed by atoms with E-state index in [2.05, 4.69) is 16.4 Å². The van der Waals surface area contributed by atoms with Gasteiger partial charge in [0.1, 0.15) is 22.6 Å². The lowest BCUT2D eigenvalue weighted by Gasteiger charge is -2.47. The summed E-state index contributed by atoms with van der Waals surface area (Å²) in [5, 5.41) is 12.6. The number of benzene rings is 1. The zero-order chi connectivity index (χ0) is 19.7. The first-order chi connectivity index (χ1) is 13.5. The number of nitrogens with zero attached hydrogens (tertiary/aromatic N) is 3. The summed E-state index contributed by atoms with van der Waals surface area (Å²) in [7, 11) is -3.90. The third kappa shape index (κ3) is 3.36. The predicted octanol–water partition coefficient (Wildman–Crippen LogP) is 3.28. The van der Waals surface area contributed by atoms with E-state index in [-0.39, 0.29) is 23.0 Å². The van der Waals surface area contributed by atoms with E-state index in [9.17, 15) is 18.1 Å². The Morgan fingerprint density at radius 2 is 1.86 bits per heavy atom. The molecule has 3 heterocycles. The van der Waals surface area contributed by atoms with Crippen LogP contribution in [-0.4, -0.2) is 35.8 Å². The molecule has 28 heavy (non-hydrogen) atoms. The van der Waals surface area contributed by atoms with E-state index in [1.807, 2.05) is 0 Å². The monoisotopic (exact) mass is 400 g/mol. The van der Waals surface area contributed by atoms with Crippen LogP contribution in [0.25, 0.3) is 0 Å². The lowest BCUT2D eigenvalue weighted by Crippen LogP contribution is -2.57. The number of nitriles is 1. The number of rotatable bonds is 4. The molecule has 0 spiro atoms. The fourth-order valence-electron chi connectivity index (χ4n) is 4.42. The second-order valence-electron chi connectivity index (χ2n) is 7.33. The predicted molar refractivity (Wildman–Crippen MR) is 102 cm³/mol. The summed E-state index contributed by atoms with van der Waals surface area (Å²) in [4.78, 5) is 3.99. The minimum absolute atomic E-state index is 0.0179. The average Bonchev–Trinajstić information content (AvgIpc) is 2.68. The molecule has 2 fully saturated rings. The van der Waals surface area contributed by atoms with Gasteiger partial charge in [-0.15, -0.1) is 0 Å². The summed E-state index contributed by atoms with van der Waals surface area (Å²) < 4.78 is 42.1. The number of aromatic nitrogens is 1. The lowest BCUT2D eigenvalue weighted by atomic mass is 9.84. The van der Waals surface area contributed by atoms with Gasteiger partial charge in [-0.3, -0.25) is 0 Å². The van der Waals surface area contributed by atoms with E-state index in [1.54, 1.807) is 24.4 Å². The molecule has 1 N–H and O–H groups in total. The van der Waals surface area contributed by atoms with Crippen LogP contribution in [0.5, 0.6) is 0 Å². The molecule has 1 aromatic carbocycles. The highest BCUT2D eigenvalue weighted by molar-refractivity contribution is 7.89. The molecule has 6 nitrogen and oxygen atoms in total. The Kier molecular flexibility index (Phi) is 5.04. The number of hydrogen-bond donors (Lipinski definition) is 1. The number of sulfonamides is 1.